The molecule has 0 radical (unpaired) electrons. The minimum atomic E-state index is -0.541. The summed E-state index contributed by atoms with van der Waals surface area (Å²) < 4.78 is 15.7. The topological polar surface area (TPSA) is 64.3 Å². The number of benzene rings is 2. The summed E-state index contributed by atoms with van der Waals surface area (Å²) in [5.41, 5.74) is 0.116. The summed E-state index contributed by atoms with van der Waals surface area (Å²) in [6.45, 7) is 2.60. The molecule has 1 aliphatic heterocycles. The predicted molar refractivity (Wildman–Crippen MR) is 113 cm³/mol. The van der Waals surface area contributed by atoms with Crippen molar-refractivity contribution in [3.63, 3.8) is 0 Å². The van der Waals surface area contributed by atoms with E-state index in [9.17, 15) is 18.8 Å². The van der Waals surface area contributed by atoms with E-state index in [1.54, 1.807) is 36.4 Å². The first kappa shape index (κ1) is 20.1. The quantitative estimate of drug-likeness (QED) is 0.666. The van der Waals surface area contributed by atoms with Crippen LogP contribution in [-0.4, -0.2) is 32.5 Å². The first-order valence-electron chi connectivity index (χ1n) is 10.2. The summed E-state index contributed by atoms with van der Waals surface area (Å²) >= 11 is 0. The average molecular weight is 409 g/mol. The average Bonchev–Trinajstić information content (AvgIpc) is 2.75. The molecule has 1 amide bonds. The highest BCUT2D eigenvalue weighted by Crippen LogP contribution is 2.17. The number of likely N-dealkylation sites (tertiary alicyclic amines) is 1. The van der Waals surface area contributed by atoms with Gasteiger partial charge in [0, 0.05) is 12.6 Å². The van der Waals surface area contributed by atoms with Crippen LogP contribution in [0.25, 0.3) is 10.9 Å². The first-order chi connectivity index (χ1) is 14.5. The van der Waals surface area contributed by atoms with Crippen molar-refractivity contribution in [3.8, 4) is 0 Å². The Balaban J connectivity index is 1.78. The lowest BCUT2D eigenvalue weighted by Crippen LogP contribution is -2.47. The zero-order chi connectivity index (χ0) is 21.3. The number of hydrogen-bond donors (Lipinski definition) is 0. The maximum Gasteiger partial charge on any atom is 0.332 e. The van der Waals surface area contributed by atoms with E-state index in [0.29, 0.717) is 23.0 Å². The van der Waals surface area contributed by atoms with E-state index in [2.05, 4.69) is 0 Å². The highest BCUT2D eigenvalue weighted by atomic mass is 19.1. The number of piperidine rings is 1. The number of nitrogens with zero attached hydrogens (tertiary/aromatic N) is 3. The number of rotatable bonds is 4. The van der Waals surface area contributed by atoms with Gasteiger partial charge in [-0.15, -0.1) is 0 Å². The van der Waals surface area contributed by atoms with Gasteiger partial charge in [0.25, 0.3) is 5.56 Å². The first-order valence-corrected chi connectivity index (χ1v) is 10.2. The molecule has 1 unspecified atom stereocenters. The molecule has 156 valence electrons. The number of para-hydroxylation sites is 1. The molecule has 1 saturated heterocycles. The molecule has 1 aromatic heterocycles. The van der Waals surface area contributed by atoms with Crippen molar-refractivity contribution in [2.75, 3.05) is 6.54 Å². The summed E-state index contributed by atoms with van der Waals surface area (Å²) in [6, 6.07) is 12.6. The number of fused-ring (bicyclic) bond motifs is 1. The number of carbonyl (C=O) groups is 1. The fourth-order valence-electron chi connectivity index (χ4n) is 4.13. The molecule has 0 spiro atoms. The van der Waals surface area contributed by atoms with Crippen LogP contribution < -0.4 is 11.2 Å². The van der Waals surface area contributed by atoms with Crippen molar-refractivity contribution in [3.05, 3.63) is 80.7 Å². The van der Waals surface area contributed by atoms with E-state index < -0.39 is 11.2 Å². The van der Waals surface area contributed by atoms with Gasteiger partial charge in [0.05, 0.1) is 17.4 Å². The van der Waals surface area contributed by atoms with Gasteiger partial charge in [0.1, 0.15) is 12.4 Å². The van der Waals surface area contributed by atoms with E-state index in [-0.39, 0.29) is 30.9 Å². The van der Waals surface area contributed by atoms with Crippen LogP contribution in [-0.2, 0) is 17.9 Å². The number of hydrogen-bond acceptors (Lipinski definition) is 3. The van der Waals surface area contributed by atoms with Crippen LogP contribution in [0.5, 0.6) is 0 Å². The van der Waals surface area contributed by atoms with Crippen LogP contribution in [0.1, 0.15) is 31.7 Å². The van der Waals surface area contributed by atoms with Gasteiger partial charge in [-0.25, -0.2) is 9.18 Å². The second-order valence-corrected chi connectivity index (χ2v) is 7.84. The van der Waals surface area contributed by atoms with Crippen LogP contribution >= 0.6 is 0 Å². The van der Waals surface area contributed by atoms with E-state index in [1.165, 1.54) is 16.7 Å². The predicted octanol–water partition coefficient (Wildman–Crippen LogP) is 2.75. The Morgan fingerprint density at radius 2 is 1.77 bits per heavy atom. The summed E-state index contributed by atoms with van der Waals surface area (Å²) in [4.78, 5) is 41.1. The van der Waals surface area contributed by atoms with Crippen molar-refractivity contribution in [1.29, 1.82) is 0 Å². The molecule has 4 rings (SSSR count). The molecule has 2 heterocycles. The summed E-state index contributed by atoms with van der Waals surface area (Å²) in [6.07, 6.45) is 3.00. The lowest BCUT2D eigenvalue weighted by Gasteiger charge is -2.33. The maximum absolute atomic E-state index is 13.3. The number of amides is 1. The van der Waals surface area contributed by atoms with Crippen molar-refractivity contribution in [2.24, 2.45) is 0 Å². The van der Waals surface area contributed by atoms with Gasteiger partial charge in [-0.2, -0.15) is 0 Å². The molecule has 1 atom stereocenters. The van der Waals surface area contributed by atoms with Crippen LogP contribution in [0.4, 0.5) is 4.39 Å². The molecular formula is C23H24FN3O3. The minimum absolute atomic E-state index is 0.0110. The van der Waals surface area contributed by atoms with Crippen LogP contribution in [0.15, 0.2) is 58.1 Å². The molecule has 1 fully saturated rings. The van der Waals surface area contributed by atoms with Gasteiger partial charge >= 0.3 is 5.69 Å². The maximum atomic E-state index is 13.3. The van der Waals surface area contributed by atoms with Crippen molar-refractivity contribution in [2.45, 2.75) is 45.3 Å². The summed E-state index contributed by atoms with van der Waals surface area (Å²) in [5.74, 6) is -0.510. The Hall–Kier alpha value is -3.22. The standard InChI is InChI=1S/C23H24FN3O3/c1-16-6-4-5-13-25(16)21(28)15-26-20-8-3-2-7-19(20)22(29)27(23(26)30)14-17-9-11-18(24)12-10-17/h2-3,7-12,16H,4-6,13-15H2,1H3. The van der Waals surface area contributed by atoms with Gasteiger partial charge < -0.3 is 4.90 Å². The third-order valence-electron chi connectivity index (χ3n) is 5.80. The Bertz CT molecular complexity index is 1200. The molecule has 1 aliphatic rings. The van der Waals surface area contributed by atoms with Crippen molar-refractivity contribution in [1.82, 2.24) is 14.0 Å². The third-order valence-corrected chi connectivity index (χ3v) is 5.80. The summed E-state index contributed by atoms with van der Waals surface area (Å²) in [7, 11) is 0. The lowest BCUT2D eigenvalue weighted by atomic mass is 10.0. The molecular weight excluding hydrogens is 385 g/mol. The highest BCUT2D eigenvalue weighted by molar-refractivity contribution is 5.82. The normalized spacial score (nSPS) is 16.7. The fraction of sp³-hybridized carbons (Fsp3) is 0.348. The molecule has 3 aromatic rings. The largest absolute Gasteiger partial charge is 0.338 e. The number of aromatic nitrogens is 2. The molecule has 2 aromatic carbocycles. The zero-order valence-electron chi connectivity index (χ0n) is 16.9. The highest BCUT2D eigenvalue weighted by Gasteiger charge is 2.24. The monoisotopic (exact) mass is 409 g/mol. The molecule has 0 bridgehead atoms. The van der Waals surface area contributed by atoms with E-state index >= 15 is 0 Å². The van der Waals surface area contributed by atoms with E-state index in [1.807, 2.05) is 11.8 Å². The molecule has 0 saturated carbocycles. The summed E-state index contributed by atoms with van der Waals surface area (Å²) in [5, 5.41) is 0.374. The Labute approximate surface area is 173 Å². The van der Waals surface area contributed by atoms with E-state index in [4.69, 9.17) is 0 Å². The number of carbonyl (C=O) groups excluding carboxylic acids is 1. The fourth-order valence-corrected chi connectivity index (χ4v) is 4.13. The second kappa shape index (κ2) is 8.26. The smallest absolute Gasteiger partial charge is 0.332 e. The van der Waals surface area contributed by atoms with Gasteiger partial charge in [-0.1, -0.05) is 24.3 Å². The molecule has 0 aliphatic carbocycles. The molecule has 7 heteroatoms. The van der Waals surface area contributed by atoms with Crippen LogP contribution in [0.3, 0.4) is 0 Å². The number of halogens is 1. The van der Waals surface area contributed by atoms with Crippen LogP contribution in [0.2, 0.25) is 0 Å². The minimum Gasteiger partial charge on any atom is -0.338 e. The van der Waals surface area contributed by atoms with Crippen molar-refractivity contribution < 1.29 is 9.18 Å². The zero-order valence-corrected chi connectivity index (χ0v) is 16.9. The van der Waals surface area contributed by atoms with Crippen LogP contribution in [0, 0.1) is 5.82 Å². The van der Waals surface area contributed by atoms with Gasteiger partial charge in [0.15, 0.2) is 0 Å². The lowest BCUT2D eigenvalue weighted by molar-refractivity contribution is -0.135. The van der Waals surface area contributed by atoms with Gasteiger partial charge in [0.2, 0.25) is 5.91 Å². The second-order valence-electron chi connectivity index (χ2n) is 7.84. The molecule has 0 N–H and O–H groups in total. The third kappa shape index (κ3) is 3.79. The SMILES string of the molecule is CC1CCCCN1C(=O)Cn1c(=O)n(Cc2ccc(F)cc2)c(=O)c2ccccc21. The molecule has 6 nitrogen and oxygen atoms in total. The van der Waals surface area contributed by atoms with E-state index in [0.717, 1.165) is 23.8 Å². The van der Waals surface area contributed by atoms with Gasteiger partial charge in [-0.05, 0) is 56.0 Å². The van der Waals surface area contributed by atoms with Gasteiger partial charge in [-0.3, -0.25) is 18.7 Å². The Morgan fingerprint density at radius 3 is 2.50 bits per heavy atom. The van der Waals surface area contributed by atoms with Crippen molar-refractivity contribution >= 4 is 16.8 Å². The Morgan fingerprint density at radius 1 is 1.03 bits per heavy atom. The molecule has 30 heavy (non-hydrogen) atoms. The Kier molecular flexibility index (Phi) is 5.53.